The zero-order valence-corrected chi connectivity index (χ0v) is 10.7. The van der Waals surface area contributed by atoms with Gasteiger partial charge in [0.1, 0.15) is 0 Å². The molecule has 1 aliphatic heterocycles. The van der Waals surface area contributed by atoms with Crippen LogP contribution in [0.1, 0.15) is 30.4 Å². The Hall–Kier alpha value is -0.870. The quantitative estimate of drug-likeness (QED) is 0.753. The van der Waals surface area contributed by atoms with Crippen molar-refractivity contribution < 1.29 is 9.53 Å². The van der Waals surface area contributed by atoms with E-state index in [-0.39, 0.29) is 17.6 Å². The van der Waals surface area contributed by atoms with E-state index in [0.717, 1.165) is 4.88 Å². The Morgan fingerprint density at radius 2 is 2.38 bits per heavy atom. The van der Waals surface area contributed by atoms with Gasteiger partial charge in [-0.2, -0.15) is 0 Å². The highest BCUT2D eigenvalue weighted by atomic mass is 32.1. The lowest BCUT2D eigenvalue weighted by atomic mass is 10.0. The molecule has 1 aromatic heterocycles. The third kappa shape index (κ3) is 2.13. The summed E-state index contributed by atoms with van der Waals surface area (Å²) < 4.78 is 5.60. The molecule has 1 atom stereocenters. The highest BCUT2D eigenvalue weighted by molar-refractivity contribution is 7.12. The van der Waals surface area contributed by atoms with Gasteiger partial charge in [0.05, 0.1) is 23.1 Å². The van der Waals surface area contributed by atoms with Gasteiger partial charge in [-0.15, -0.1) is 11.3 Å². The topological polar surface area (TPSA) is 29.5 Å². The maximum Gasteiger partial charge on any atom is 0.264 e. The zero-order chi connectivity index (χ0) is 11.8. The van der Waals surface area contributed by atoms with Gasteiger partial charge in [-0.25, -0.2) is 0 Å². The average molecular weight is 239 g/mol. The second-order valence-electron chi connectivity index (χ2n) is 4.83. The standard InChI is InChI=1S/C12H17NO2S/c1-9-7-13(12(2,3)8-15-9)11(14)10-5-4-6-16-10/h4-6,9H,7-8H2,1-3H3. The summed E-state index contributed by atoms with van der Waals surface area (Å²) in [7, 11) is 0. The number of hydrogen-bond acceptors (Lipinski definition) is 3. The SMILES string of the molecule is CC1CN(C(=O)c2cccs2)C(C)(C)CO1. The molecule has 1 unspecified atom stereocenters. The van der Waals surface area contributed by atoms with E-state index in [0.29, 0.717) is 13.2 Å². The number of thiophene rings is 1. The predicted molar refractivity (Wildman–Crippen MR) is 64.8 cm³/mol. The van der Waals surface area contributed by atoms with E-state index >= 15 is 0 Å². The number of carbonyl (C=O) groups excluding carboxylic acids is 1. The van der Waals surface area contributed by atoms with E-state index in [9.17, 15) is 4.79 Å². The van der Waals surface area contributed by atoms with Gasteiger partial charge in [0, 0.05) is 6.54 Å². The Kier molecular flexibility index (Phi) is 3.04. The fraction of sp³-hybridized carbons (Fsp3) is 0.583. The summed E-state index contributed by atoms with van der Waals surface area (Å²) in [6.45, 7) is 7.37. The van der Waals surface area contributed by atoms with Crippen molar-refractivity contribution in [1.29, 1.82) is 0 Å². The van der Waals surface area contributed by atoms with Crippen molar-refractivity contribution >= 4 is 17.2 Å². The number of carbonyl (C=O) groups is 1. The normalized spacial score (nSPS) is 24.4. The summed E-state index contributed by atoms with van der Waals surface area (Å²) in [4.78, 5) is 15.0. The van der Waals surface area contributed by atoms with Crippen LogP contribution in [-0.4, -0.2) is 35.6 Å². The minimum absolute atomic E-state index is 0.121. The highest BCUT2D eigenvalue weighted by Crippen LogP contribution is 2.25. The van der Waals surface area contributed by atoms with Crippen molar-refractivity contribution in [2.45, 2.75) is 32.4 Å². The first-order valence-electron chi connectivity index (χ1n) is 5.48. The molecule has 88 valence electrons. The van der Waals surface area contributed by atoms with Gasteiger partial charge in [-0.1, -0.05) is 6.07 Å². The smallest absolute Gasteiger partial charge is 0.264 e. The molecule has 1 aliphatic rings. The molecule has 0 spiro atoms. The lowest BCUT2D eigenvalue weighted by Gasteiger charge is -2.44. The van der Waals surface area contributed by atoms with Crippen LogP contribution in [0.4, 0.5) is 0 Å². The molecular weight excluding hydrogens is 222 g/mol. The highest BCUT2D eigenvalue weighted by Gasteiger charge is 2.37. The van der Waals surface area contributed by atoms with E-state index in [1.54, 1.807) is 0 Å². The first-order valence-corrected chi connectivity index (χ1v) is 6.36. The second kappa shape index (κ2) is 4.18. The molecule has 0 radical (unpaired) electrons. The molecular formula is C12H17NO2S. The first-order chi connectivity index (χ1) is 7.50. The lowest BCUT2D eigenvalue weighted by Crippen LogP contribution is -2.57. The van der Waals surface area contributed by atoms with Crippen LogP contribution in [0.15, 0.2) is 17.5 Å². The molecule has 1 amide bonds. The van der Waals surface area contributed by atoms with Crippen molar-refractivity contribution in [3.05, 3.63) is 22.4 Å². The fourth-order valence-corrected chi connectivity index (χ4v) is 2.54. The van der Waals surface area contributed by atoms with Crippen molar-refractivity contribution in [2.75, 3.05) is 13.2 Å². The van der Waals surface area contributed by atoms with Gasteiger partial charge in [-0.05, 0) is 32.2 Å². The van der Waals surface area contributed by atoms with Crippen molar-refractivity contribution in [3.8, 4) is 0 Å². The molecule has 1 saturated heterocycles. The molecule has 0 N–H and O–H groups in total. The van der Waals surface area contributed by atoms with Crippen LogP contribution in [0.2, 0.25) is 0 Å². The Morgan fingerprint density at radius 1 is 1.62 bits per heavy atom. The van der Waals surface area contributed by atoms with Gasteiger partial charge >= 0.3 is 0 Å². The van der Waals surface area contributed by atoms with E-state index in [1.807, 2.05) is 43.2 Å². The van der Waals surface area contributed by atoms with Crippen LogP contribution < -0.4 is 0 Å². The molecule has 3 nitrogen and oxygen atoms in total. The van der Waals surface area contributed by atoms with E-state index in [1.165, 1.54) is 11.3 Å². The van der Waals surface area contributed by atoms with Gasteiger partial charge in [-0.3, -0.25) is 4.79 Å². The number of amides is 1. The summed E-state index contributed by atoms with van der Waals surface area (Å²) in [5, 5.41) is 1.93. The summed E-state index contributed by atoms with van der Waals surface area (Å²) in [5.74, 6) is 0.121. The monoisotopic (exact) mass is 239 g/mol. The minimum Gasteiger partial charge on any atom is -0.374 e. The van der Waals surface area contributed by atoms with Crippen molar-refractivity contribution in [2.24, 2.45) is 0 Å². The third-order valence-corrected chi connectivity index (χ3v) is 3.73. The second-order valence-corrected chi connectivity index (χ2v) is 5.77. The van der Waals surface area contributed by atoms with E-state index < -0.39 is 0 Å². The first kappa shape index (κ1) is 11.6. The molecule has 0 saturated carbocycles. The Morgan fingerprint density at radius 3 is 3.00 bits per heavy atom. The van der Waals surface area contributed by atoms with Crippen LogP contribution in [0.5, 0.6) is 0 Å². The molecule has 0 bridgehead atoms. The molecule has 0 aromatic carbocycles. The number of hydrogen-bond donors (Lipinski definition) is 0. The molecule has 2 heterocycles. The maximum absolute atomic E-state index is 12.3. The summed E-state index contributed by atoms with van der Waals surface area (Å²) in [6, 6.07) is 3.79. The number of morpholine rings is 1. The van der Waals surface area contributed by atoms with E-state index in [2.05, 4.69) is 0 Å². The molecule has 1 aromatic rings. The third-order valence-electron chi connectivity index (χ3n) is 2.87. The van der Waals surface area contributed by atoms with Crippen LogP contribution in [0.25, 0.3) is 0 Å². The zero-order valence-electron chi connectivity index (χ0n) is 9.90. The molecule has 0 aliphatic carbocycles. The van der Waals surface area contributed by atoms with Crippen molar-refractivity contribution in [1.82, 2.24) is 4.90 Å². The summed E-state index contributed by atoms with van der Waals surface area (Å²) in [6.07, 6.45) is 0.122. The number of rotatable bonds is 1. The van der Waals surface area contributed by atoms with Crippen molar-refractivity contribution in [3.63, 3.8) is 0 Å². The Bertz CT molecular complexity index is 372. The Balaban J connectivity index is 2.21. The number of nitrogens with zero attached hydrogens (tertiary/aromatic N) is 1. The van der Waals surface area contributed by atoms with Crippen LogP contribution in [-0.2, 0) is 4.74 Å². The van der Waals surface area contributed by atoms with E-state index in [4.69, 9.17) is 4.74 Å². The van der Waals surface area contributed by atoms with Crippen LogP contribution in [0.3, 0.4) is 0 Å². The predicted octanol–water partition coefficient (Wildman–Crippen LogP) is 2.39. The lowest BCUT2D eigenvalue weighted by molar-refractivity contribution is -0.0754. The van der Waals surface area contributed by atoms with Crippen LogP contribution >= 0.6 is 11.3 Å². The molecule has 16 heavy (non-hydrogen) atoms. The summed E-state index contributed by atoms with van der Waals surface area (Å²) in [5.41, 5.74) is -0.215. The molecule has 1 fully saturated rings. The minimum atomic E-state index is -0.215. The van der Waals surface area contributed by atoms with Gasteiger partial charge in [0.25, 0.3) is 5.91 Å². The van der Waals surface area contributed by atoms with Crippen LogP contribution in [0, 0.1) is 0 Å². The molecule has 2 rings (SSSR count). The fourth-order valence-electron chi connectivity index (χ4n) is 1.87. The Labute approximate surface area is 100 Å². The molecule has 4 heteroatoms. The largest absolute Gasteiger partial charge is 0.374 e. The maximum atomic E-state index is 12.3. The van der Waals surface area contributed by atoms with Gasteiger partial charge < -0.3 is 9.64 Å². The number of ether oxygens (including phenoxy) is 1. The van der Waals surface area contributed by atoms with Gasteiger partial charge in [0.2, 0.25) is 0 Å². The average Bonchev–Trinajstić information content (AvgIpc) is 2.74. The summed E-state index contributed by atoms with van der Waals surface area (Å²) >= 11 is 1.49. The van der Waals surface area contributed by atoms with Gasteiger partial charge in [0.15, 0.2) is 0 Å².